The Kier molecular flexibility index (Phi) is 3.78. The molecule has 0 heterocycles. The molecule has 0 aliphatic heterocycles. The predicted molar refractivity (Wildman–Crippen MR) is 93.3 cm³/mol. The summed E-state index contributed by atoms with van der Waals surface area (Å²) in [5.74, 6) is 2.33. The topological polar surface area (TPSA) is 57.5 Å². The van der Waals surface area contributed by atoms with E-state index in [1.54, 1.807) is 6.08 Å². The van der Waals surface area contributed by atoms with Crippen molar-refractivity contribution in [1.82, 2.24) is 0 Å². The van der Waals surface area contributed by atoms with Crippen LogP contribution in [0.5, 0.6) is 0 Å². The second-order valence-electron chi connectivity index (χ2n) is 9.58. The molecule has 0 unspecified atom stereocenters. The summed E-state index contributed by atoms with van der Waals surface area (Å²) in [6.45, 7) is 6.65. The number of rotatable bonds is 1. The third kappa shape index (κ3) is 2.13. The first-order chi connectivity index (χ1) is 11.3. The Morgan fingerprint density at radius 2 is 1.92 bits per heavy atom. The van der Waals surface area contributed by atoms with Gasteiger partial charge in [-0.3, -0.25) is 4.79 Å². The maximum atomic E-state index is 11.9. The monoisotopic (exact) mass is 332 g/mol. The van der Waals surface area contributed by atoms with Crippen molar-refractivity contribution in [3.8, 4) is 0 Å². The molecular formula is C21H32O3. The van der Waals surface area contributed by atoms with Crippen LogP contribution in [0, 0.1) is 34.5 Å². The Morgan fingerprint density at radius 1 is 1.17 bits per heavy atom. The van der Waals surface area contributed by atoms with Crippen molar-refractivity contribution < 1.29 is 15.0 Å². The largest absolute Gasteiger partial charge is 0.393 e. The average Bonchev–Trinajstić information content (AvgIpc) is 2.87. The molecule has 3 fully saturated rings. The van der Waals surface area contributed by atoms with Crippen LogP contribution in [0.2, 0.25) is 0 Å². The Bertz CT molecular complexity index is 580. The lowest BCUT2D eigenvalue weighted by Gasteiger charge is -2.59. The van der Waals surface area contributed by atoms with Gasteiger partial charge < -0.3 is 10.2 Å². The molecule has 0 radical (unpaired) electrons. The molecule has 4 aliphatic rings. The Hall–Kier alpha value is -0.670. The first-order valence-electron chi connectivity index (χ1n) is 9.88. The van der Waals surface area contributed by atoms with Gasteiger partial charge in [0.1, 0.15) is 0 Å². The van der Waals surface area contributed by atoms with Crippen molar-refractivity contribution in [2.24, 2.45) is 34.5 Å². The maximum Gasteiger partial charge on any atom is 0.155 e. The molecule has 0 aromatic carbocycles. The number of carbonyl (C=O) groups excluding carboxylic acids is 1. The Labute approximate surface area is 145 Å². The third-order valence-electron chi connectivity index (χ3n) is 8.63. The van der Waals surface area contributed by atoms with Crippen LogP contribution in [0.15, 0.2) is 11.6 Å². The quantitative estimate of drug-likeness (QED) is 0.773. The van der Waals surface area contributed by atoms with E-state index < -0.39 is 6.10 Å². The molecule has 0 amide bonds. The van der Waals surface area contributed by atoms with Gasteiger partial charge in [-0.05, 0) is 91.6 Å². The van der Waals surface area contributed by atoms with Gasteiger partial charge in [0.2, 0.25) is 0 Å². The van der Waals surface area contributed by atoms with Gasteiger partial charge in [0.05, 0.1) is 12.2 Å². The summed E-state index contributed by atoms with van der Waals surface area (Å²) in [6, 6.07) is 0. The minimum Gasteiger partial charge on any atom is -0.393 e. The van der Waals surface area contributed by atoms with E-state index in [4.69, 9.17) is 0 Å². The second kappa shape index (κ2) is 5.41. The maximum absolute atomic E-state index is 11.9. The lowest BCUT2D eigenvalue weighted by molar-refractivity contribution is -0.120. The molecular weight excluding hydrogens is 300 g/mol. The normalized spacial score (nSPS) is 52.1. The van der Waals surface area contributed by atoms with Gasteiger partial charge in [-0.15, -0.1) is 0 Å². The van der Waals surface area contributed by atoms with Crippen LogP contribution in [0.3, 0.4) is 0 Å². The molecule has 0 aromatic heterocycles. The van der Waals surface area contributed by atoms with Crippen LogP contribution in [-0.2, 0) is 4.79 Å². The standard InChI is InChI=1S/C21H32O3/c1-12(22)15-4-5-16-14-11-19(24)18-10-13(23)6-8-21(18,3)17(14)7-9-20(15,16)2/h10,12,14-17,19,22,24H,4-9,11H2,1-3H3/t12-,14+,15-,16+,17+,19+,20-,21-/m1/s1. The smallest absolute Gasteiger partial charge is 0.155 e. The summed E-state index contributed by atoms with van der Waals surface area (Å²) in [5, 5.41) is 21.1. The van der Waals surface area contributed by atoms with Crippen LogP contribution in [0.25, 0.3) is 0 Å². The van der Waals surface area contributed by atoms with Crippen LogP contribution in [0.1, 0.15) is 65.7 Å². The van der Waals surface area contributed by atoms with E-state index in [1.165, 1.54) is 19.3 Å². The summed E-state index contributed by atoms with van der Waals surface area (Å²) in [4.78, 5) is 11.9. The van der Waals surface area contributed by atoms with Crippen molar-refractivity contribution in [2.45, 2.75) is 77.9 Å². The summed E-state index contributed by atoms with van der Waals surface area (Å²) in [6.07, 6.45) is 8.10. The molecule has 3 heteroatoms. The zero-order chi connectivity index (χ0) is 17.3. The van der Waals surface area contributed by atoms with E-state index in [1.807, 2.05) is 6.92 Å². The number of aliphatic hydroxyl groups is 2. The highest BCUT2D eigenvalue weighted by molar-refractivity contribution is 5.91. The van der Waals surface area contributed by atoms with Crippen molar-refractivity contribution in [2.75, 3.05) is 0 Å². The minimum absolute atomic E-state index is 0.000487. The van der Waals surface area contributed by atoms with E-state index in [0.717, 1.165) is 24.8 Å². The van der Waals surface area contributed by atoms with E-state index >= 15 is 0 Å². The Morgan fingerprint density at radius 3 is 2.62 bits per heavy atom. The van der Waals surface area contributed by atoms with E-state index in [9.17, 15) is 15.0 Å². The lowest BCUT2D eigenvalue weighted by Crippen LogP contribution is -2.54. The highest BCUT2D eigenvalue weighted by Crippen LogP contribution is 2.66. The van der Waals surface area contributed by atoms with Crippen LogP contribution < -0.4 is 0 Å². The number of fused-ring (bicyclic) bond motifs is 5. The van der Waals surface area contributed by atoms with Gasteiger partial charge in [-0.2, -0.15) is 0 Å². The van der Waals surface area contributed by atoms with Gasteiger partial charge >= 0.3 is 0 Å². The molecule has 3 nitrogen and oxygen atoms in total. The fraction of sp³-hybridized carbons (Fsp3) is 0.857. The number of carbonyl (C=O) groups is 1. The van der Waals surface area contributed by atoms with Crippen LogP contribution in [-0.4, -0.2) is 28.2 Å². The van der Waals surface area contributed by atoms with Gasteiger partial charge in [0.15, 0.2) is 5.78 Å². The Balaban J connectivity index is 1.70. The summed E-state index contributed by atoms with van der Waals surface area (Å²) in [5.41, 5.74) is 1.24. The molecule has 24 heavy (non-hydrogen) atoms. The van der Waals surface area contributed by atoms with Crippen LogP contribution in [0.4, 0.5) is 0 Å². The molecule has 0 bridgehead atoms. The molecule has 8 atom stereocenters. The molecule has 2 N–H and O–H groups in total. The average molecular weight is 332 g/mol. The highest BCUT2D eigenvalue weighted by atomic mass is 16.3. The van der Waals surface area contributed by atoms with Crippen molar-refractivity contribution >= 4 is 5.78 Å². The molecule has 4 aliphatic carbocycles. The fourth-order valence-corrected chi connectivity index (χ4v) is 7.44. The van der Waals surface area contributed by atoms with Gasteiger partial charge in [-0.25, -0.2) is 0 Å². The van der Waals surface area contributed by atoms with E-state index in [0.29, 0.717) is 30.1 Å². The number of aliphatic hydroxyl groups excluding tert-OH is 2. The molecule has 4 rings (SSSR count). The minimum atomic E-state index is -0.451. The molecule has 0 saturated heterocycles. The van der Waals surface area contributed by atoms with Crippen molar-refractivity contribution in [3.63, 3.8) is 0 Å². The summed E-state index contributed by atoms with van der Waals surface area (Å²) < 4.78 is 0. The molecule has 0 spiro atoms. The second-order valence-corrected chi connectivity index (χ2v) is 9.58. The van der Waals surface area contributed by atoms with Crippen molar-refractivity contribution in [1.29, 1.82) is 0 Å². The van der Waals surface area contributed by atoms with E-state index in [2.05, 4.69) is 13.8 Å². The zero-order valence-corrected chi connectivity index (χ0v) is 15.3. The molecule has 134 valence electrons. The van der Waals surface area contributed by atoms with Gasteiger partial charge in [0, 0.05) is 6.42 Å². The zero-order valence-electron chi connectivity index (χ0n) is 15.3. The van der Waals surface area contributed by atoms with Crippen LogP contribution >= 0.6 is 0 Å². The predicted octanol–water partition coefficient (Wildman–Crippen LogP) is 3.49. The molecule has 0 aromatic rings. The number of hydrogen-bond donors (Lipinski definition) is 2. The highest BCUT2D eigenvalue weighted by Gasteiger charge is 2.60. The summed E-state index contributed by atoms with van der Waals surface area (Å²) >= 11 is 0. The van der Waals surface area contributed by atoms with Crippen molar-refractivity contribution in [3.05, 3.63) is 11.6 Å². The molecule has 3 saturated carbocycles. The third-order valence-corrected chi connectivity index (χ3v) is 8.63. The number of ketones is 1. The summed E-state index contributed by atoms with van der Waals surface area (Å²) in [7, 11) is 0. The first kappa shape index (κ1) is 16.8. The fourth-order valence-electron chi connectivity index (χ4n) is 7.44. The SMILES string of the molecule is C[C@@H](O)[C@H]1CC[C@H]2[C@@H]3C[C@H](O)C4=CC(=O)CC[C@]4(C)[C@H]3CC[C@]12C. The van der Waals surface area contributed by atoms with Gasteiger partial charge in [0.25, 0.3) is 0 Å². The van der Waals surface area contributed by atoms with Gasteiger partial charge in [-0.1, -0.05) is 13.8 Å². The first-order valence-corrected chi connectivity index (χ1v) is 9.88. The number of hydrogen-bond acceptors (Lipinski definition) is 3. The lowest BCUT2D eigenvalue weighted by atomic mass is 9.46. The van der Waals surface area contributed by atoms with E-state index in [-0.39, 0.29) is 22.7 Å².